The van der Waals surface area contributed by atoms with E-state index >= 15 is 0 Å². The van der Waals surface area contributed by atoms with Crippen LogP contribution in [-0.4, -0.2) is 0 Å². The van der Waals surface area contributed by atoms with Crippen molar-refractivity contribution in [1.29, 1.82) is 0 Å². The molecule has 9 aromatic carbocycles. The third-order valence-electron chi connectivity index (χ3n) is 12.0. The zero-order valence-electron chi connectivity index (χ0n) is 32.1. The average molecular weight is 742 g/mol. The number of benzene rings is 9. The van der Waals surface area contributed by atoms with E-state index in [-0.39, 0.29) is 0 Å². The maximum Gasteiger partial charge on any atom is 0.143 e. The summed E-state index contributed by atoms with van der Waals surface area (Å²) in [5.74, 6) is 0. The average Bonchev–Trinajstić information content (AvgIpc) is 3.81. The van der Waals surface area contributed by atoms with Crippen molar-refractivity contribution in [2.45, 2.75) is 12.3 Å². The summed E-state index contributed by atoms with van der Waals surface area (Å²) in [6.45, 7) is 2.20. The predicted octanol–water partition coefficient (Wildman–Crippen LogP) is 15.1. The highest BCUT2D eigenvalue weighted by atomic mass is 16.3. The minimum absolute atomic E-state index is 0.507. The molecule has 274 valence electrons. The van der Waals surface area contributed by atoms with Gasteiger partial charge in [-0.05, 0) is 99.5 Å². The Morgan fingerprint density at radius 3 is 1.57 bits per heavy atom. The highest BCUT2D eigenvalue weighted by Crippen LogP contribution is 2.57. The van der Waals surface area contributed by atoms with Gasteiger partial charge in [-0.2, -0.15) is 0 Å². The summed E-state index contributed by atoms with van der Waals surface area (Å²) in [5.41, 5.74) is 18.1. The number of furan rings is 1. The lowest BCUT2D eigenvalue weighted by Crippen LogP contribution is -2.28. The van der Waals surface area contributed by atoms with E-state index in [1.54, 1.807) is 0 Å². The Labute approximate surface area is 338 Å². The molecule has 0 unspecified atom stereocenters. The van der Waals surface area contributed by atoms with Crippen LogP contribution in [0.4, 0.5) is 17.1 Å². The van der Waals surface area contributed by atoms with Gasteiger partial charge in [0, 0.05) is 33.4 Å². The zero-order chi connectivity index (χ0) is 38.6. The van der Waals surface area contributed by atoms with E-state index in [4.69, 9.17) is 4.42 Å². The minimum atomic E-state index is -0.507. The molecule has 0 radical (unpaired) electrons. The van der Waals surface area contributed by atoms with Gasteiger partial charge in [-0.15, -0.1) is 0 Å². The van der Waals surface area contributed by atoms with Gasteiger partial charge in [0.05, 0.1) is 5.41 Å². The van der Waals surface area contributed by atoms with Crippen LogP contribution in [0, 0.1) is 6.92 Å². The molecule has 1 aromatic heterocycles. The molecule has 10 aromatic rings. The Kier molecular flexibility index (Phi) is 7.97. The Bertz CT molecular complexity index is 3050. The molecule has 0 aliphatic heterocycles. The summed E-state index contributed by atoms with van der Waals surface area (Å²) >= 11 is 0. The fraction of sp³-hybridized carbons (Fsp3) is 0.0357. The molecule has 0 saturated heterocycles. The van der Waals surface area contributed by atoms with E-state index in [0.717, 1.165) is 50.1 Å². The molecule has 1 aliphatic carbocycles. The molecule has 0 fully saturated rings. The highest BCUT2D eigenvalue weighted by Gasteiger charge is 2.46. The van der Waals surface area contributed by atoms with Crippen molar-refractivity contribution >= 4 is 39.0 Å². The molecule has 0 bridgehead atoms. The van der Waals surface area contributed by atoms with Crippen LogP contribution in [0.25, 0.3) is 55.3 Å². The number of hydrogen-bond donors (Lipinski definition) is 0. The summed E-state index contributed by atoms with van der Waals surface area (Å²) in [7, 11) is 0. The fourth-order valence-electron chi connectivity index (χ4n) is 9.38. The maximum atomic E-state index is 6.46. The molecule has 58 heavy (non-hydrogen) atoms. The third kappa shape index (κ3) is 5.33. The van der Waals surface area contributed by atoms with Crippen LogP contribution in [0.3, 0.4) is 0 Å². The first-order valence-corrected chi connectivity index (χ1v) is 20.0. The first kappa shape index (κ1) is 33.9. The van der Waals surface area contributed by atoms with E-state index in [9.17, 15) is 0 Å². The molecule has 2 nitrogen and oxygen atoms in total. The van der Waals surface area contributed by atoms with Gasteiger partial charge in [0.2, 0.25) is 0 Å². The molecule has 0 atom stereocenters. The Morgan fingerprint density at radius 2 is 0.897 bits per heavy atom. The molecular weight excluding hydrogens is 703 g/mol. The van der Waals surface area contributed by atoms with Crippen molar-refractivity contribution in [1.82, 2.24) is 0 Å². The predicted molar refractivity (Wildman–Crippen MR) is 241 cm³/mol. The summed E-state index contributed by atoms with van der Waals surface area (Å²) in [4.78, 5) is 2.40. The fourth-order valence-corrected chi connectivity index (χ4v) is 9.38. The summed E-state index contributed by atoms with van der Waals surface area (Å²) in [6, 6.07) is 79.4. The molecule has 0 N–H and O–H groups in total. The van der Waals surface area contributed by atoms with Crippen molar-refractivity contribution in [2.75, 3.05) is 4.90 Å². The number of anilines is 3. The summed E-state index contributed by atoms with van der Waals surface area (Å²) < 4.78 is 6.46. The molecular formula is C56H39NO. The first-order valence-electron chi connectivity index (χ1n) is 20.0. The molecule has 0 amide bonds. The van der Waals surface area contributed by atoms with Gasteiger partial charge in [0.1, 0.15) is 11.2 Å². The van der Waals surface area contributed by atoms with Gasteiger partial charge in [-0.1, -0.05) is 181 Å². The number of nitrogens with zero attached hydrogens (tertiary/aromatic N) is 1. The SMILES string of the molecule is Cc1ccc2c(c1)C(c1ccccc1)(c1ccccc1)c1cc(N(c3ccc(-c4ccccc4)cc3)c3ccc(-c4cccc5c4oc4ccccc45)cc3)ccc1-2. The van der Waals surface area contributed by atoms with Gasteiger partial charge in [0.15, 0.2) is 0 Å². The van der Waals surface area contributed by atoms with Gasteiger partial charge in [-0.3, -0.25) is 0 Å². The normalized spacial score (nSPS) is 12.7. The van der Waals surface area contributed by atoms with Crippen molar-refractivity contribution in [3.05, 3.63) is 246 Å². The number of rotatable bonds is 7. The number of para-hydroxylation sites is 2. The Morgan fingerprint density at radius 1 is 0.379 bits per heavy atom. The van der Waals surface area contributed by atoms with Gasteiger partial charge in [0.25, 0.3) is 0 Å². The van der Waals surface area contributed by atoms with Gasteiger partial charge < -0.3 is 9.32 Å². The first-order chi connectivity index (χ1) is 28.7. The molecule has 0 spiro atoms. The van der Waals surface area contributed by atoms with Gasteiger partial charge >= 0.3 is 0 Å². The molecule has 11 rings (SSSR count). The van der Waals surface area contributed by atoms with E-state index in [1.807, 2.05) is 12.1 Å². The standard InChI is InChI=1S/C56H39NO/c1-38-24-34-48-49-35-33-46(37-53(49)56(52(48)36-38,42-16-7-3-8-17-42)43-18-9-4-10-19-43)57(44-29-25-40(26-30-44)39-14-5-2-6-15-39)45-31-27-41(28-32-45)47-21-13-22-51-50-20-11-12-23-54(50)58-55(47)51/h2-37H,1H3. The second kappa shape index (κ2) is 13.7. The van der Waals surface area contributed by atoms with Crippen LogP contribution in [-0.2, 0) is 5.41 Å². The minimum Gasteiger partial charge on any atom is -0.455 e. The van der Waals surface area contributed by atoms with Crippen LogP contribution >= 0.6 is 0 Å². The third-order valence-corrected chi connectivity index (χ3v) is 12.0. The van der Waals surface area contributed by atoms with Crippen molar-refractivity contribution < 1.29 is 4.42 Å². The van der Waals surface area contributed by atoms with Crippen LogP contribution in [0.1, 0.15) is 27.8 Å². The van der Waals surface area contributed by atoms with Crippen molar-refractivity contribution in [3.8, 4) is 33.4 Å². The van der Waals surface area contributed by atoms with Gasteiger partial charge in [-0.25, -0.2) is 0 Å². The quantitative estimate of drug-likeness (QED) is 0.162. The van der Waals surface area contributed by atoms with E-state index in [1.165, 1.54) is 50.1 Å². The zero-order valence-corrected chi connectivity index (χ0v) is 32.1. The second-order valence-electron chi connectivity index (χ2n) is 15.3. The lowest BCUT2D eigenvalue weighted by atomic mass is 9.67. The van der Waals surface area contributed by atoms with Crippen LogP contribution in [0.2, 0.25) is 0 Å². The maximum absolute atomic E-state index is 6.46. The Balaban J connectivity index is 1.11. The highest BCUT2D eigenvalue weighted by molar-refractivity contribution is 6.09. The second-order valence-corrected chi connectivity index (χ2v) is 15.3. The van der Waals surface area contributed by atoms with Crippen LogP contribution in [0.15, 0.2) is 223 Å². The van der Waals surface area contributed by atoms with Crippen molar-refractivity contribution in [3.63, 3.8) is 0 Å². The molecule has 0 saturated carbocycles. The van der Waals surface area contributed by atoms with Crippen LogP contribution in [0.5, 0.6) is 0 Å². The monoisotopic (exact) mass is 741 g/mol. The summed E-state index contributed by atoms with van der Waals surface area (Å²) in [6.07, 6.45) is 0. The molecule has 1 aliphatic rings. The molecule has 1 heterocycles. The van der Waals surface area contributed by atoms with Crippen molar-refractivity contribution in [2.24, 2.45) is 0 Å². The summed E-state index contributed by atoms with van der Waals surface area (Å²) in [5, 5.41) is 2.27. The van der Waals surface area contributed by atoms with Crippen LogP contribution < -0.4 is 4.90 Å². The lowest BCUT2D eigenvalue weighted by molar-refractivity contribution is 0.670. The number of aryl methyl sites for hydroxylation is 1. The van der Waals surface area contributed by atoms with E-state index in [2.05, 4.69) is 218 Å². The Hall–Kier alpha value is -7.42. The number of hydrogen-bond acceptors (Lipinski definition) is 2. The topological polar surface area (TPSA) is 16.4 Å². The largest absolute Gasteiger partial charge is 0.455 e. The smallest absolute Gasteiger partial charge is 0.143 e. The molecule has 2 heteroatoms. The lowest BCUT2D eigenvalue weighted by Gasteiger charge is -2.35. The number of fused-ring (bicyclic) bond motifs is 6. The van der Waals surface area contributed by atoms with E-state index in [0.29, 0.717) is 0 Å². The van der Waals surface area contributed by atoms with E-state index < -0.39 is 5.41 Å².